The monoisotopic (exact) mass is 443 g/mol. The number of aromatic carboxylic acids is 1. The highest BCUT2D eigenvalue weighted by molar-refractivity contribution is 5.96. The van der Waals surface area contributed by atoms with Crippen LogP contribution >= 0.6 is 0 Å². The molecule has 0 bridgehead atoms. The van der Waals surface area contributed by atoms with Crippen LogP contribution in [0.2, 0.25) is 0 Å². The number of rotatable bonds is 6. The van der Waals surface area contributed by atoms with Crippen LogP contribution in [0.4, 0.5) is 4.79 Å². The molecule has 0 unspecified atom stereocenters. The molecular weight excluding hydrogens is 422 g/mol. The van der Waals surface area contributed by atoms with Crippen molar-refractivity contribution in [2.75, 3.05) is 7.05 Å². The van der Waals surface area contributed by atoms with Gasteiger partial charge in [-0.2, -0.15) is 0 Å². The summed E-state index contributed by atoms with van der Waals surface area (Å²) in [7, 11) is 1.46. The number of amides is 1. The largest absolute Gasteiger partial charge is 0.478 e. The fourth-order valence-corrected chi connectivity index (χ4v) is 3.57. The van der Waals surface area contributed by atoms with Crippen molar-refractivity contribution in [3.05, 3.63) is 101 Å². The minimum absolute atomic E-state index is 0.0205. The van der Waals surface area contributed by atoms with Crippen LogP contribution in [-0.4, -0.2) is 39.7 Å². The van der Waals surface area contributed by atoms with Crippen LogP contribution in [0, 0.1) is 0 Å². The van der Waals surface area contributed by atoms with Gasteiger partial charge in [0.2, 0.25) is 0 Å². The van der Waals surface area contributed by atoms with Crippen molar-refractivity contribution < 1.29 is 24.2 Å². The third-order valence-corrected chi connectivity index (χ3v) is 5.18. The molecule has 4 rings (SSSR count). The Balaban J connectivity index is 1.62. The number of fused-ring (bicyclic) bond motifs is 1. The minimum Gasteiger partial charge on any atom is -0.478 e. The first-order chi connectivity index (χ1) is 16.0. The van der Waals surface area contributed by atoms with Crippen molar-refractivity contribution in [3.63, 3.8) is 0 Å². The van der Waals surface area contributed by atoms with Gasteiger partial charge in [0, 0.05) is 30.7 Å². The van der Waals surface area contributed by atoms with E-state index in [0.717, 1.165) is 16.5 Å². The fourth-order valence-electron chi connectivity index (χ4n) is 3.57. The van der Waals surface area contributed by atoms with E-state index in [0.29, 0.717) is 11.2 Å². The van der Waals surface area contributed by atoms with Crippen molar-refractivity contribution in [1.82, 2.24) is 14.9 Å². The molecule has 8 heteroatoms. The third-order valence-electron chi connectivity index (χ3n) is 5.18. The molecule has 2 aromatic carbocycles. The number of aromatic nitrogens is 2. The van der Waals surface area contributed by atoms with Gasteiger partial charge in [-0.05, 0) is 35.4 Å². The second-order valence-electron chi connectivity index (χ2n) is 7.37. The molecule has 2 N–H and O–H groups in total. The molecule has 0 aliphatic carbocycles. The zero-order chi connectivity index (χ0) is 23.4. The van der Waals surface area contributed by atoms with Crippen LogP contribution in [0.15, 0.2) is 72.9 Å². The van der Waals surface area contributed by atoms with E-state index >= 15 is 0 Å². The predicted octanol–water partition coefficient (Wildman–Crippen LogP) is 3.87. The van der Waals surface area contributed by atoms with Gasteiger partial charge in [0.1, 0.15) is 12.3 Å². The van der Waals surface area contributed by atoms with Crippen LogP contribution in [0.25, 0.3) is 10.9 Å². The number of carbonyl (C=O) groups excluding carboxylic acids is 2. The quantitative estimate of drug-likeness (QED) is 0.468. The Labute approximate surface area is 189 Å². The first-order valence-corrected chi connectivity index (χ1v) is 10.2. The zero-order valence-corrected chi connectivity index (χ0v) is 17.8. The molecule has 0 radical (unpaired) electrons. The van der Waals surface area contributed by atoms with Gasteiger partial charge in [-0.1, -0.05) is 42.5 Å². The number of carboxylic acid groups (broad SMARTS) is 1. The molecule has 4 aromatic rings. The van der Waals surface area contributed by atoms with Gasteiger partial charge in [-0.15, -0.1) is 0 Å². The summed E-state index contributed by atoms with van der Waals surface area (Å²) in [4.78, 5) is 40.5. The van der Waals surface area contributed by atoms with Crippen LogP contribution < -0.4 is 5.32 Å². The number of carboxylic acids is 1. The molecule has 166 valence electrons. The maximum atomic E-state index is 12.7. The standard InChI is InChI=1S/C25H21N3O5/c1-26-23(29)21-14-18(24(30)31)13-19(27-21)12-17-8-5-9-22-20(17)10-11-28(22)25(32)33-15-16-6-3-2-4-7-16/h2-11,13-14H,12,15H2,1H3,(H,26,29)(H,30,31). The van der Waals surface area contributed by atoms with Gasteiger partial charge >= 0.3 is 12.1 Å². The molecule has 8 nitrogen and oxygen atoms in total. The highest BCUT2D eigenvalue weighted by Gasteiger charge is 2.16. The van der Waals surface area contributed by atoms with Crippen LogP contribution in [0.1, 0.15) is 37.7 Å². The highest BCUT2D eigenvalue weighted by Crippen LogP contribution is 2.23. The van der Waals surface area contributed by atoms with Gasteiger partial charge in [0.25, 0.3) is 5.91 Å². The Kier molecular flexibility index (Phi) is 6.17. The van der Waals surface area contributed by atoms with Gasteiger partial charge < -0.3 is 15.2 Å². The van der Waals surface area contributed by atoms with E-state index in [1.165, 1.54) is 23.7 Å². The molecule has 1 amide bonds. The molecule has 0 aliphatic heterocycles. The molecule has 0 fully saturated rings. The van der Waals surface area contributed by atoms with Crippen molar-refractivity contribution in [1.29, 1.82) is 0 Å². The summed E-state index contributed by atoms with van der Waals surface area (Å²) in [6, 6.07) is 19.4. The summed E-state index contributed by atoms with van der Waals surface area (Å²) >= 11 is 0. The maximum absolute atomic E-state index is 12.7. The summed E-state index contributed by atoms with van der Waals surface area (Å²) in [5.41, 5.74) is 2.82. The molecule has 33 heavy (non-hydrogen) atoms. The normalized spacial score (nSPS) is 10.7. The van der Waals surface area contributed by atoms with Crippen molar-refractivity contribution in [3.8, 4) is 0 Å². The topological polar surface area (TPSA) is 111 Å². The lowest BCUT2D eigenvalue weighted by molar-refractivity contribution is 0.0696. The maximum Gasteiger partial charge on any atom is 0.418 e. The Bertz CT molecular complexity index is 1340. The molecule has 0 spiro atoms. The second-order valence-corrected chi connectivity index (χ2v) is 7.37. The first kappa shape index (κ1) is 21.8. The number of nitrogens with one attached hydrogen (secondary N) is 1. The third kappa shape index (κ3) is 4.74. The molecule has 2 aromatic heterocycles. The molecule has 0 atom stereocenters. The Morgan fingerprint density at radius 2 is 1.82 bits per heavy atom. The molecule has 0 aliphatic rings. The molecular formula is C25H21N3O5. The Morgan fingerprint density at radius 1 is 1.03 bits per heavy atom. The number of carbonyl (C=O) groups is 3. The van der Waals surface area contributed by atoms with Crippen molar-refractivity contribution >= 4 is 28.9 Å². The molecule has 0 saturated heterocycles. The average molecular weight is 443 g/mol. The number of benzene rings is 2. The van der Waals surface area contributed by atoms with Crippen LogP contribution in [0.5, 0.6) is 0 Å². The van der Waals surface area contributed by atoms with Gasteiger partial charge in [0.05, 0.1) is 11.1 Å². The van der Waals surface area contributed by atoms with Gasteiger partial charge in [-0.3, -0.25) is 9.36 Å². The van der Waals surface area contributed by atoms with Gasteiger partial charge in [-0.25, -0.2) is 14.6 Å². The summed E-state index contributed by atoms with van der Waals surface area (Å²) in [6.07, 6.45) is 1.42. The Hall–Kier alpha value is -4.46. The number of pyridine rings is 1. The predicted molar refractivity (Wildman–Crippen MR) is 121 cm³/mol. The van der Waals surface area contributed by atoms with Gasteiger partial charge in [0.15, 0.2) is 0 Å². The van der Waals surface area contributed by atoms with E-state index in [2.05, 4.69) is 10.3 Å². The number of hydrogen-bond donors (Lipinski definition) is 2. The fraction of sp³-hybridized carbons (Fsp3) is 0.120. The summed E-state index contributed by atoms with van der Waals surface area (Å²) in [5, 5.41) is 12.7. The lowest BCUT2D eigenvalue weighted by atomic mass is 10.0. The number of ether oxygens (including phenoxy) is 1. The van der Waals surface area contributed by atoms with E-state index in [1.54, 1.807) is 24.4 Å². The van der Waals surface area contributed by atoms with E-state index in [1.807, 2.05) is 36.4 Å². The second kappa shape index (κ2) is 9.35. The molecule has 2 heterocycles. The number of hydrogen-bond acceptors (Lipinski definition) is 5. The Morgan fingerprint density at radius 3 is 2.55 bits per heavy atom. The SMILES string of the molecule is CNC(=O)c1cc(C(=O)O)cc(Cc2cccc3c2ccn3C(=O)OCc2ccccc2)n1. The summed E-state index contributed by atoms with van der Waals surface area (Å²) < 4.78 is 6.87. The first-order valence-electron chi connectivity index (χ1n) is 10.2. The van der Waals surface area contributed by atoms with Crippen molar-refractivity contribution in [2.45, 2.75) is 13.0 Å². The smallest absolute Gasteiger partial charge is 0.418 e. The summed E-state index contributed by atoms with van der Waals surface area (Å²) in [5.74, 6) is -1.61. The van der Waals surface area contributed by atoms with E-state index < -0.39 is 18.0 Å². The summed E-state index contributed by atoms with van der Waals surface area (Å²) in [6.45, 7) is 0.160. The van der Waals surface area contributed by atoms with Crippen LogP contribution in [-0.2, 0) is 17.8 Å². The minimum atomic E-state index is -1.14. The van der Waals surface area contributed by atoms with E-state index in [9.17, 15) is 19.5 Å². The lowest BCUT2D eigenvalue weighted by Crippen LogP contribution is -2.20. The van der Waals surface area contributed by atoms with E-state index in [-0.39, 0.29) is 24.3 Å². The zero-order valence-electron chi connectivity index (χ0n) is 17.8. The lowest BCUT2D eigenvalue weighted by Gasteiger charge is -2.09. The van der Waals surface area contributed by atoms with E-state index in [4.69, 9.17) is 4.74 Å². The highest BCUT2D eigenvalue weighted by atomic mass is 16.5. The molecule has 0 saturated carbocycles. The van der Waals surface area contributed by atoms with Crippen LogP contribution in [0.3, 0.4) is 0 Å². The van der Waals surface area contributed by atoms with Crippen molar-refractivity contribution in [2.24, 2.45) is 0 Å². The number of nitrogens with zero attached hydrogens (tertiary/aromatic N) is 2. The average Bonchev–Trinajstić information content (AvgIpc) is 3.28.